The van der Waals surface area contributed by atoms with Gasteiger partial charge in [-0.15, -0.1) is 11.3 Å². The van der Waals surface area contributed by atoms with Crippen LogP contribution in [-0.2, 0) is 17.6 Å². The lowest BCUT2D eigenvalue weighted by Gasteiger charge is -2.11. The highest BCUT2D eigenvalue weighted by atomic mass is 32.1. The van der Waals surface area contributed by atoms with Gasteiger partial charge in [-0.1, -0.05) is 25.0 Å². The molecule has 2 aromatic rings. The van der Waals surface area contributed by atoms with E-state index in [-0.39, 0.29) is 18.4 Å². The van der Waals surface area contributed by atoms with Crippen molar-refractivity contribution in [3.8, 4) is 5.75 Å². The number of benzene rings is 1. The number of hydrogen-bond donors (Lipinski definition) is 3. The van der Waals surface area contributed by atoms with Crippen molar-refractivity contribution in [3.05, 3.63) is 45.6 Å². The number of thiophene rings is 1. The van der Waals surface area contributed by atoms with Crippen molar-refractivity contribution in [2.45, 2.75) is 38.5 Å². The fourth-order valence-electron chi connectivity index (χ4n) is 3.15. The zero-order valence-corrected chi connectivity index (χ0v) is 16.3. The Morgan fingerprint density at radius 1 is 1.07 bits per heavy atom. The number of aryl methyl sites for hydroxylation is 2. The smallest absolute Gasteiger partial charge is 0.279 e. The molecule has 7 heteroatoms. The van der Waals surface area contributed by atoms with Gasteiger partial charge >= 0.3 is 0 Å². The molecular weight excluding hydrogens is 362 g/mol. The molecule has 0 atom stereocenters. The predicted octanol–water partition coefficient (Wildman–Crippen LogP) is 3.29. The number of methoxy groups -OCH3 is 1. The van der Waals surface area contributed by atoms with E-state index in [0.717, 1.165) is 18.5 Å². The van der Waals surface area contributed by atoms with Crippen molar-refractivity contribution < 1.29 is 14.3 Å². The molecule has 1 aliphatic carbocycles. The van der Waals surface area contributed by atoms with E-state index in [0.29, 0.717) is 10.6 Å². The van der Waals surface area contributed by atoms with Crippen molar-refractivity contribution >= 4 is 28.8 Å². The van der Waals surface area contributed by atoms with E-state index in [1.54, 1.807) is 7.11 Å². The molecule has 0 aliphatic heterocycles. The van der Waals surface area contributed by atoms with E-state index in [2.05, 4.69) is 16.2 Å². The van der Waals surface area contributed by atoms with Gasteiger partial charge in [-0.05, 0) is 49.4 Å². The second kappa shape index (κ2) is 9.41. The summed E-state index contributed by atoms with van der Waals surface area (Å²) in [7, 11) is 1.57. The summed E-state index contributed by atoms with van der Waals surface area (Å²) in [6, 6.07) is 9.32. The van der Waals surface area contributed by atoms with Gasteiger partial charge in [0.25, 0.3) is 11.8 Å². The average molecular weight is 388 g/mol. The van der Waals surface area contributed by atoms with E-state index in [1.165, 1.54) is 47.5 Å². The summed E-state index contributed by atoms with van der Waals surface area (Å²) in [6.07, 6.45) is 6.95. The number of rotatable bonds is 5. The van der Waals surface area contributed by atoms with E-state index >= 15 is 0 Å². The summed E-state index contributed by atoms with van der Waals surface area (Å²) in [5.74, 6) is 0.0619. The van der Waals surface area contributed by atoms with Gasteiger partial charge in [0.2, 0.25) is 0 Å². The quantitative estimate of drug-likeness (QED) is 0.688. The van der Waals surface area contributed by atoms with Crippen LogP contribution in [0.15, 0.2) is 30.3 Å². The number of carbonyl (C=O) groups is 2. The summed E-state index contributed by atoms with van der Waals surface area (Å²) < 4.78 is 5.23. The predicted molar refractivity (Wildman–Crippen MR) is 107 cm³/mol. The van der Waals surface area contributed by atoms with Crippen LogP contribution in [0.2, 0.25) is 0 Å². The van der Waals surface area contributed by atoms with Crippen molar-refractivity contribution in [2.24, 2.45) is 0 Å². The number of ether oxygens (including phenoxy) is 1. The maximum Gasteiger partial charge on any atom is 0.279 e. The van der Waals surface area contributed by atoms with Crippen molar-refractivity contribution in [1.82, 2.24) is 10.9 Å². The third-order valence-corrected chi connectivity index (χ3v) is 5.82. The molecule has 1 aromatic carbocycles. The molecular formula is C20H25N3O3S. The number of hydrazine groups is 1. The van der Waals surface area contributed by atoms with Crippen LogP contribution in [0.5, 0.6) is 5.75 Å². The summed E-state index contributed by atoms with van der Waals surface area (Å²) in [5, 5.41) is 3.00. The molecule has 0 saturated carbocycles. The molecule has 0 bridgehead atoms. The van der Waals surface area contributed by atoms with E-state index in [4.69, 9.17) is 4.74 Å². The maximum atomic E-state index is 12.4. The first-order chi connectivity index (χ1) is 13.2. The number of carbonyl (C=O) groups excluding carboxylic acids is 2. The highest BCUT2D eigenvalue weighted by Gasteiger charge is 2.16. The van der Waals surface area contributed by atoms with Gasteiger partial charge in [0.1, 0.15) is 5.75 Å². The molecule has 1 aliphatic rings. The van der Waals surface area contributed by atoms with E-state index in [9.17, 15) is 9.59 Å². The molecule has 3 N–H and O–H groups in total. The Morgan fingerprint density at radius 2 is 1.85 bits per heavy atom. The largest absolute Gasteiger partial charge is 0.495 e. The van der Waals surface area contributed by atoms with Gasteiger partial charge < -0.3 is 10.1 Å². The highest BCUT2D eigenvalue weighted by Crippen LogP contribution is 2.28. The van der Waals surface area contributed by atoms with Crippen molar-refractivity contribution in [3.63, 3.8) is 0 Å². The van der Waals surface area contributed by atoms with Crippen LogP contribution in [0.1, 0.15) is 45.8 Å². The molecule has 0 fully saturated rings. The Morgan fingerprint density at radius 3 is 2.67 bits per heavy atom. The van der Waals surface area contributed by atoms with Crippen molar-refractivity contribution in [2.75, 3.05) is 19.0 Å². The monoisotopic (exact) mass is 387 g/mol. The summed E-state index contributed by atoms with van der Waals surface area (Å²) >= 11 is 1.54. The first-order valence-corrected chi connectivity index (χ1v) is 10.1. The number of amides is 2. The Hall–Kier alpha value is -2.54. The zero-order chi connectivity index (χ0) is 19.1. The van der Waals surface area contributed by atoms with E-state index < -0.39 is 0 Å². The van der Waals surface area contributed by atoms with Crippen LogP contribution in [0.25, 0.3) is 0 Å². The van der Waals surface area contributed by atoms with Crippen LogP contribution >= 0.6 is 11.3 Å². The standard InChI is InChI=1S/C20H25N3O3S/c1-26-16-10-7-6-9-15(16)21-13-19(24)22-23-20(25)18-12-14-8-4-2-3-5-11-17(14)27-18/h6-7,9-10,12,21H,2-5,8,11,13H2,1H3,(H,22,24)(H,23,25). The molecule has 1 heterocycles. The third-order valence-electron chi connectivity index (χ3n) is 4.58. The van der Waals surface area contributed by atoms with Gasteiger partial charge in [-0.25, -0.2) is 0 Å². The molecule has 0 saturated heterocycles. The molecule has 0 unspecified atom stereocenters. The van der Waals surface area contributed by atoms with Gasteiger partial charge in [0.15, 0.2) is 0 Å². The molecule has 0 spiro atoms. The fraction of sp³-hybridized carbons (Fsp3) is 0.400. The number of fused-ring (bicyclic) bond motifs is 1. The number of hydrogen-bond acceptors (Lipinski definition) is 5. The van der Waals surface area contributed by atoms with Gasteiger partial charge in [0.05, 0.1) is 24.2 Å². The Labute approximate surface area is 163 Å². The summed E-state index contributed by atoms with van der Waals surface area (Å²) in [6.45, 7) is 0.0294. The zero-order valence-electron chi connectivity index (χ0n) is 15.5. The van der Waals surface area contributed by atoms with Gasteiger partial charge in [0, 0.05) is 4.88 Å². The Balaban J connectivity index is 1.50. The first kappa shape index (κ1) is 19.2. The average Bonchev–Trinajstić information content (AvgIpc) is 3.06. The minimum atomic E-state index is -0.329. The number of nitrogens with one attached hydrogen (secondary N) is 3. The lowest BCUT2D eigenvalue weighted by molar-refractivity contribution is -0.120. The maximum absolute atomic E-state index is 12.4. The highest BCUT2D eigenvalue weighted by molar-refractivity contribution is 7.14. The van der Waals surface area contributed by atoms with Gasteiger partial charge in [-0.2, -0.15) is 0 Å². The molecule has 3 rings (SSSR count). The fourth-order valence-corrected chi connectivity index (χ4v) is 4.30. The number of para-hydroxylation sites is 2. The normalized spacial score (nSPS) is 13.7. The molecule has 2 amide bonds. The molecule has 6 nitrogen and oxygen atoms in total. The van der Waals surface area contributed by atoms with Crippen molar-refractivity contribution in [1.29, 1.82) is 0 Å². The summed E-state index contributed by atoms with van der Waals surface area (Å²) in [4.78, 5) is 26.3. The van der Waals surface area contributed by atoms with Crippen LogP contribution in [0, 0.1) is 0 Å². The molecule has 1 aromatic heterocycles. The lowest BCUT2D eigenvalue weighted by Crippen LogP contribution is -2.43. The van der Waals surface area contributed by atoms with Gasteiger partial charge in [-0.3, -0.25) is 20.4 Å². The second-order valence-corrected chi connectivity index (χ2v) is 7.67. The lowest BCUT2D eigenvalue weighted by atomic mass is 10.00. The van der Waals surface area contributed by atoms with Crippen LogP contribution < -0.4 is 20.9 Å². The minimum Gasteiger partial charge on any atom is -0.495 e. The van der Waals surface area contributed by atoms with Crippen LogP contribution in [0.4, 0.5) is 5.69 Å². The topological polar surface area (TPSA) is 79.5 Å². The molecule has 27 heavy (non-hydrogen) atoms. The Kier molecular flexibility index (Phi) is 6.70. The van der Waals surface area contributed by atoms with E-state index in [1.807, 2.05) is 30.3 Å². The second-order valence-electron chi connectivity index (χ2n) is 6.53. The molecule has 0 radical (unpaired) electrons. The minimum absolute atomic E-state index is 0.0294. The molecule has 144 valence electrons. The number of anilines is 1. The van der Waals surface area contributed by atoms with Crippen LogP contribution in [0.3, 0.4) is 0 Å². The summed E-state index contributed by atoms with van der Waals surface area (Å²) in [5.41, 5.74) is 6.97. The Bertz CT molecular complexity index is 778. The third kappa shape index (κ3) is 5.23. The SMILES string of the molecule is COc1ccccc1NCC(=O)NNC(=O)c1cc2c(s1)CCCCCC2. The van der Waals surface area contributed by atoms with Crippen LogP contribution in [-0.4, -0.2) is 25.5 Å². The first-order valence-electron chi connectivity index (χ1n) is 9.25.